The Morgan fingerprint density at radius 2 is 2.04 bits per heavy atom. The highest BCUT2D eigenvalue weighted by Gasteiger charge is 2.33. The Balaban J connectivity index is 2.02. The summed E-state index contributed by atoms with van der Waals surface area (Å²) in [5, 5.41) is 15.4. The summed E-state index contributed by atoms with van der Waals surface area (Å²) in [6, 6.07) is 5.23. The van der Waals surface area contributed by atoms with Gasteiger partial charge in [-0.3, -0.25) is 0 Å². The number of aromatic nitrogens is 1. The number of hydrogen-bond acceptors (Lipinski definition) is 4. The van der Waals surface area contributed by atoms with Crippen LogP contribution >= 0.6 is 0 Å². The van der Waals surface area contributed by atoms with Crippen molar-refractivity contribution in [1.29, 1.82) is 5.26 Å². The van der Waals surface area contributed by atoms with E-state index in [1.54, 1.807) is 6.07 Å². The summed E-state index contributed by atoms with van der Waals surface area (Å²) in [5.41, 5.74) is 0.933. The molecule has 7 heteroatoms. The molecule has 1 aromatic heterocycles. The summed E-state index contributed by atoms with van der Waals surface area (Å²) in [7, 11) is 0. The van der Waals surface area contributed by atoms with Crippen molar-refractivity contribution in [2.24, 2.45) is 0 Å². The van der Waals surface area contributed by atoms with Gasteiger partial charge in [0.2, 0.25) is 0 Å². The molecule has 0 spiro atoms. The van der Waals surface area contributed by atoms with Gasteiger partial charge in [-0.05, 0) is 44.9 Å². The van der Waals surface area contributed by atoms with E-state index in [2.05, 4.69) is 10.5 Å². The van der Waals surface area contributed by atoms with Gasteiger partial charge in [-0.15, -0.1) is 0 Å². The predicted molar refractivity (Wildman–Crippen MR) is 78.9 cm³/mol. The van der Waals surface area contributed by atoms with E-state index in [4.69, 9.17) is 9.78 Å². The second-order valence-electron chi connectivity index (χ2n) is 5.20. The van der Waals surface area contributed by atoms with E-state index in [0.717, 1.165) is 23.1 Å². The fourth-order valence-corrected chi connectivity index (χ4v) is 2.35. The van der Waals surface area contributed by atoms with Crippen molar-refractivity contribution in [3.63, 3.8) is 0 Å². The average molecular weight is 323 g/mol. The zero-order valence-electron chi connectivity index (χ0n) is 12.8. The lowest BCUT2D eigenvalue weighted by Crippen LogP contribution is -2.12. The molecule has 0 aliphatic carbocycles. The first-order valence-electron chi connectivity index (χ1n) is 7.10. The normalized spacial score (nSPS) is 11.3. The number of nitrogens with zero attached hydrogens (tertiary/aromatic N) is 2. The molecule has 122 valence electrons. The molecule has 4 nitrogen and oxygen atoms in total. The molecule has 0 fully saturated rings. The van der Waals surface area contributed by atoms with E-state index < -0.39 is 11.7 Å². The largest absolute Gasteiger partial charge is 0.418 e. The maximum Gasteiger partial charge on any atom is 0.418 e. The van der Waals surface area contributed by atoms with Crippen molar-refractivity contribution in [2.75, 3.05) is 11.9 Å². The van der Waals surface area contributed by atoms with E-state index in [1.807, 2.05) is 13.8 Å². The van der Waals surface area contributed by atoms with Gasteiger partial charge >= 0.3 is 6.18 Å². The van der Waals surface area contributed by atoms with Crippen molar-refractivity contribution in [3.8, 4) is 6.07 Å². The molecule has 0 radical (unpaired) electrons. The highest BCUT2D eigenvalue weighted by molar-refractivity contribution is 5.56. The number of nitrogens with one attached hydrogen (secondary N) is 1. The molecule has 0 aliphatic rings. The first-order valence-corrected chi connectivity index (χ1v) is 7.10. The van der Waals surface area contributed by atoms with Crippen molar-refractivity contribution in [1.82, 2.24) is 5.16 Å². The predicted octanol–water partition coefficient (Wildman–Crippen LogP) is 4.23. The molecule has 0 saturated heterocycles. The molecule has 23 heavy (non-hydrogen) atoms. The van der Waals surface area contributed by atoms with Crippen LogP contribution in [0.25, 0.3) is 0 Å². The standard InChI is InChI=1S/C16H16F3N3O/c1-10-13(11(2)23-22-10)4-3-7-21-15-6-5-12(9-20)8-14(15)16(17,18)19/h5-6,8,21H,3-4,7H2,1-2H3. The van der Waals surface area contributed by atoms with E-state index in [9.17, 15) is 13.2 Å². The number of alkyl halides is 3. The van der Waals surface area contributed by atoms with Crippen LogP contribution in [0.5, 0.6) is 0 Å². The second kappa shape index (κ2) is 6.73. The van der Waals surface area contributed by atoms with Gasteiger partial charge in [-0.1, -0.05) is 5.16 Å². The van der Waals surface area contributed by atoms with Gasteiger partial charge < -0.3 is 9.84 Å². The van der Waals surface area contributed by atoms with Gasteiger partial charge in [0.1, 0.15) is 5.76 Å². The topological polar surface area (TPSA) is 61.9 Å². The number of nitriles is 1. The Hall–Kier alpha value is -2.49. The number of rotatable bonds is 5. The minimum Gasteiger partial charge on any atom is -0.385 e. The van der Waals surface area contributed by atoms with Crippen LogP contribution in [0.3, 0.4) is 0 Å². The lowest BCUT2D eigenvalue weighted by Gasteiger charge is -2.14. The number of benzene rings is 1. The Morgan fingerprint density at radius 3 is 2.61 bits per heavy atom. The van der Waals surface area contributed by atoms with Crippen LogP contribution in [-0.2, 0) is 12.6 Å². The van der Waals surface area contributed by atoms with Crippen LogP contribution in [0.4, 0.5) is 18.9 Å². The van der Waals surface area contributed by atoms with E-state index >= 15 is 0 Å². The molecule has 0 unspecified atom stereocenters. The monoisotopic (exact) mass is 323 g/mol. The Kier molecular flexibility index (Phi) is 4.94. The van der Waals surface area contributed by atoms with Crippen LogP contribution in [0.1, 0.15) is 34.6 Å². The number of aryl methyl sites for hydroxylation is 2. The zero-order chi connectivity index (χ0) is 17.0. The summed E-state index contributed by atoms with van der Waals surface area (Å²) in [6.07, 6.45) is -3.19. The molecule has 2 rings (SSSR count). The van der Waals surface area contributed by atoms with Crippen molar-refractivity contribution < 1.29 is 17.7 Å². The minimum absolute atomic E-state index is 0.0152. The van der Waals surface area contributed by atoms with Gasteiger partial charge in [0.05, 0.1) is 22.9 Å². The van der Waals surface area contributed by atoms with Gasteiger partial charge in [-0.2, -0.15) is 18.4 Å². The Morgan fingerprint density at radius 1 is 1.30 bits per heavy atom. The lowest BCUT2D eigenvalue weighted by atomic mass is 10.1. The van der Waals surface area contributed by atoms with E-state index in [0.29, 0.717) is 19.4 Å². The molecule has 1 heterocycles. The van der Waals surface area contributed by atoms with Crippen LogP contribution < -0.4 is 5.32 Å². The molecule has 0 saturated carbocycles. The molecule has 0 atom stereocenters. The van der Waals surface area contributed by atoms with Crippen molar-refractivity contribution in [2.45, 2.75) is 32.9 Å². The summed E-state index contributed by atoms with van der Waals surface area (Å²) in [6.45, 7) is 4.02. The third kappa shape index (κ3) is 4.03. The Labute approximate surface area is 131 Å². The quantitative estimate of drug-likeness (QED) is 0.837. The summed E-state index contributed by atoms with van der Waals surface area (Å²) < 4.78 is 44.1. The van der Waals surface area contributed by atoms with Crippen LogP contribution in [-0.4, -0.2) is 11.7 Å². The minimum atomic E-state index is -4.50. The first-order chi connectivity index (χ1) is 10.8. The highest BCUT2D eigenvalue weighted by atomic mass is 19.4. The third-order valence-electron chi connectivity index (χ3n) is 3.55. The lowest BCUT2D eigenvalue weighted by molar-refractivity contribution is -0.137. The molecule has 0 bridgehead atoms. The van der Waals surface area contributed by atoms with Gasteiger partial charge in [-0.25, -0.2) is 0 Å². The number of hydrogen-bond donors (Lipinski definition) is 1. The second-order valence-corrected chi connectivity index (χ2v) is 5.20. The van der Waals surface area contributed by atoms with Crippen molar-refractivity contribution in [3.05, 3.63) is 46.3 Å². The fraction of sp³-hybridized carbons (Fsp3) is 0.375. The third-order valence-corrected chi connectivity index (χ3v) is 3.55. The molecule has 1 N–H and O–H groups in total. The average Bonchev–Trinajstić information content (AvgIpc) is 2.82. The Bertz CT molecular complexity index is 710. The number of halogens is 3. The summed E-state index contributed by atoms with van der Waals surface area (Å²) in [5.74, 6) is 0.733. The maximum absolute atomic E-state index is 13.0. The van der Waals surface area contributed by atoms with E-state index in [-0.39, 0.29) is 11.3 Å². The van der Waals surface area contributed by atoms with Gasteiger partial charge in [0.25, 0.3) is 0 Å². The van der Waals surface area contributed by atoms with Gasteiger partial charge in [0.15, 0.2) is 0 Å². The molecular weight excluding hydrogens is 307 g/mol. The molecule has 2 aromatic rings. The van der Waals surface area contributed by atoms with Crippen LogP contribution in [0, 0.1) is 25.2 Å². The van der Waals surface area contributed by atoms with Crippen LogP contribution in [0.15, 0.2) is 22.7 Å². The molecule has 1 aromatic carbocycles. The maximum atomic E-state index is 13.0. The number of anilines is 1. The SMILES string of the molecule is Cc1noc(C)c1CCCNc1ccc(C#N)cc1C(F)(F)F. The highest BCUT2D eigenvalue weighted by Crippen LogP contribution is 2.35. The van der Waals surface area contributed by atoms with E-state index in [1.165, 1.54) is 12.1 Å². The molecule has 0 amide bonds. The first kappa shape index (κ1) is 16.9. The van der Waals surface area contributed by atoms with Crippen molar-refractivity contribution >= 4 is 5.69 Å². The fourth-order valence-electron chi connectivity index (χ4n) is 2.35. The smallest absolute Gasteiger partial charge is 0.385 e. The summed E-state index contributed by atoms with van der Waals surface area (Å²) in [4.78, 5) is 0. The van der Waals surface area contributed by atoms with Gasteiger partial charge in [0, 0.05) is 17.8 Å². The zero-order valence-corrected chi connectivity index (χ0v) is 12.8. The van der Waals surface area contributed by atoms with Crippen LogP contribution in [0.2, 0.25) is 0 Å². The molecule has 0 aliphatic heterocycles. The summed E-state index contributed by atoms with van der Waals surface area (Å²) >= 11 is 0. The molecular formula is C16H16F3N3O.